The van der Waals surface area contributed by atoms with Gasteiger partial charge in [0.15, 0.2) is 0 Å². The number of imidazole rings is 1. The zero-order valence-corrected chi connectivity index (χ0v) is 13.5. The third-order valence-corrected chi connectivity index (χ3v) is 4.73. The van der Waals surface area contributed by atoms with E-state index in [9.17, 15) is 4.79 Å². The summed E-state index contributed by atoms with van der Waals surface area (Å²) in [5.41, 5.74) is 9.04. The topological polar surface area (TPSA) is 72.9 Å². The van der Waals surface area contributed by atoms with Gasteiger partial charge in [-0.3, -0.25) is 4.79 Å². The molecule has 5 nitrogen and oxygen atoms in total. The summed E-state index contributed by atoms with van der Waals surface area (Å²) in [7, 11) is 1.96. The summed E-state index contributed by atoms with van der Waals surface area (Å²) in [5.74, 6) is 0.239. The molecule has 23 heavy (non-hydrogen) atoms. The van der Waals surface area contributed by atoms with E-state index in [2.05, 4.69) is 10.3 Å². The number of nitrogens with one attached hydrogen (secondary N) is 1. The molecule has 0 saturated heterocycles. The summed E-state index contributed by atoms with van der Waals surface area (Å²) in [4.78, 5) is 16.4. The number of carbonyl (C=O) groups excluding carboxylic acids is 1. The maximum absolute atomic E-state index is 12.3. The van der Waals surface area contributed by atoms with Crippen molar-refractivity contribution in [2.45, 2.75) is 38.1 Å². The molecule has 3 N–H and O–H groups in total. The highest BCUT2D eigenvalue weighted by molar-refractivity contribution is 5.95. The molecular formula is C18H24N4O. The fourth-order valence-corrected chi connectivity index (χ4v) is 3.29. The van der Waals surface area contributed by atoms with Crippen molar-refractivity contribution in [2.75, 3.05) is 5.32 Å². The molecule has 1 aliphatic carbocycles. The number of aromatic nitrogens is 2. The SMILES string of the molecule is Cn1cncc1-c1ccc(NC(=O)[C@@H](N)C2CCCCC2)cc1. The molecule has 1 aromatic heterocycles. The first-order chi connectivity index (χ1) is 11.1. The number of aryl methyl sites for hydroxylation is 1. The molecule has 1 aromatic carbocycles. The van der Waals surface area contributed by atoms with Crippen LogP contribution in [0.1, 0.15) is 32.1 Å². The molecule has 122 valence electrons. The Labute approximate surface area is 136 Å². The van der Waals surface area contributed by atoms with Gasteiger partial charge in [0.2, 0.25) is 5.91 Å². The van der Waals surface area contributed by atoms with Gasteiger partial charge in [-0.05, 0) is 36.5 Å². The molecule has 0 spiro atoms. The van der Waals surface area contributed by atoms with Gasteiger partial charge in [-0.1, -0.05) is 31.4 Å². The minimum Gasteiger partial charge on any atom is -0.334 e. The Morgan fingerprint density at radius 1 is 1.26 bits per heavy atom. The fourth-order valence-electron chi connectivity index (χ4n) is 3.29. The second-order valence-electron chi connectivity index (χ2n) is 6.38. The largest absolute Gasteiger partial charge is 0.334 e. The van der Waals surface area contributed by atoms with Crippen molar-refractivity contribution < 1.29 is 4.79 Å². The summed E-state index contributed by atoms with van der Waals surface area (Å²) in [6.07, 6.45) is 9.36. The lowest BCUT2D eigenvalue weighted by Crippen LogP contribution is -2.42. The number of carbonyl (C=O) groups is 1. The van der Waals surface area contributed by atoms with Crippen LogP contribution in [0.5, 0.6) is 0 Å². The molecule has 0 radical (unpaired) electrons. The molecule has 1 amide bonds. The normalized spacial score (nSPS) is 17.0. The van der Waals surface area contributed by atoms with Crippen LogP contribution in [0, 0.1) is 5.92 Å². The smallest absolute Gasteiger partial charge is 0.241 e. The first kappa shape index (κ1) is 15.7. The third kappa shape index (κ3) is 3.62. The minimum absolute atomic E-state index is 0.0785. The van der Waals surface area contributed by atoms with Crippen LogP contribution in [0.25, 0.3) is 11.3 Å². The van der Waals surface area contributed by atoms with Crippen molar-refractivity contribution in [1.82, 2.24) is 9.55 Å². The first-order valence-electron chi connectivity index (χ1n) is 8.28. The third-order valence-electron chi connectivity index (χ3n) is 4.73. The van der Waals surface area contributed by atoms with Gasteiger partial charge >= 0.3 is 0 Å². The van der Waals surface area contributed by atoms with Crippen LogP contribution in [0.15, 0.2) is 36.8 Å². The molecule has 1 atom stereocenters. The van der Waals surface area contributed by atoms with E-state index >= 15 is 0 Å². The van der Waals surface area contributed by atoms with Gasteiger partial charge in [0, 0.05) is 12.7 Å². The van der Waals surface area contributed by atoms with Crippen molar-refractivity contribution in [3.05, 3.63) is 36.8 Å². The fraction of sp³-hybridized carbons (Fsp3) is 0.444. The highest BCUT2D eigenvalue weighted by Gasteiger charge is 2.26. The average Bonchev–Trinajstić information content (AvgIpc) is 3.01. The quantitative estimate of drug-likeness (QED) is 0.911. The number of amides is 1. The van der Waals surface area contributed by atoms with Gasteiger partial charge in [0.1, 0.15) is 0 Å². The van der Waals surface area contributed by atoms with Crippen LogP contribution in [0.3, 0.4) is 0 Å². The van der Waals surface area contributed by atoms with E-state index in [4.69, 9.17) is 5.73 Å². The predicted octanol–water partition coefficient (Wildman–Crippen LogP) is 2.93. The van der Waals surface area contributed by atoms with Crippen LogP contribution >= 0.6 is 0 Å². The lowest BCUT2D eigenvalue weighted by Gasteiger charge is -2.26. The Hall–Kier alpha value is -2.14. The summed E-state index contributed by atoms with van der Waals surface area (Å²) >= 11 is 0. The van der Waals surface area contributed by atoms with Gasteiger partial charge in [0.05, 0.1) is 24.3 Å². The highest BCUT2D eigenvalue weighted by atomic mass is 16.2. The number of hydrogen-bond donors (Lipinski definition) is 2. The molecule has 2 aromatic rings. The minimum atomic E-state index is -0.410. The summed E-state index contributed by atoms with van der Waals surface area (Å²) in [6.45, 7) is 0. The van der Waals surface area contributed by atoms with Crippen molar-refractivity contribution in [3.63, 3.8) is 0 Å². The molecule has 5 heteroatoms. The van der Waals surface area contributed by atoms with Gasteiger partial charge in [-0.25, -0.2) is 4.98 Å². The first-order valence-corrected chi connectivity index (χ1v) is 8.28. The maximum Gasteiger partial charge on any atom is 0.241 e. The van der Waals surface area contributed by atoms with E-state index in [0.29, 0.717) is 5.92 Å². The molecule has 1 saturated carbocycles. The standard InChI is InChI=1S/C18H24N4O/c1-22-12-20-11-16(22)13-7-9-15(10-8-13)21-18(23)17(19)14-5-3-2-4-6-14/h7-12,14,17H,2-6,19H2,1H3,(H,21,23)/t17-/m0/s1. The van der Waals surface area contributed by atoms with Crippen LogP contribution in [-0.2, 0) is 11.8 Å². The zero-order chi connectivity index (χ0) is 16.2. The van der Waals surface area contributed by atoms with E-state index in [-0.39, 0.29) is 5.91 Å². The molecule has 0 bridgehead atoms. The molecule has 0 unspecified atom stereocenters. The van der Waals surface area contributed by atoms with Gasteiger partial charge < -0.3 is 15.6 Å². The monoisotopic (exact) mass is 312 g/mol. The Morgan fingerprint density at radius 3 is 2.57 bits per heavy atom. The highest BCUT2D eigenvalue weighted by Crippen LogP contribution is 2.26. The van der Waals surface area contributed by atoms with Crippen molar-refractivity contribution in [3.8, 4) is 11.3 Å². The van der Waals surface area contributed by atoms with E-state index in [1.165, 1.54) is 19.3 Å². The van der Waals surface area contributed by atoms with Crippen LogP contribution in [0.4, 0.5) is 5.69 Å². The van der Waals surface area contributed by atoms with Crippen LogP contribution in [-0.4, -0.2) is 21.5 Å². The number of nitrogens with two attached hydrogens (primary N) is 1. The average molecular weight is 312 g/mol. The van der Waals surface area contributed by atoms with E-state index in [1.807, 2.05) is 42.1 Å². The predicted molar refractivity (Wildman–Crippen MR) is 91.8 cm³/mol. The van der Waals surface area contributed by atoms with Gasteiger partial charge in [0.25, 0.3) is 0 Å². The molecule has 1 fully saturated rings. The molecule has 1 aliphatic rings. The van der Waals surface area contributed by atoms with E-state index in [1.54, 1.807) is 6.33 Å². The second kappa shape index (κ2) is 6.96. The summed E-state index contributed by atoms with van der Waals surface area (Å²) in [5, 5.41) is 2.94. The van der Waals surface area contributed by atoms with Gasteiger partial charge in [-0.15, -0.1) is 0 Å². The van der Waals surface area contributed by atoms with Crippen LogP contribution in [0.2, 0.25) is 0 Å². The van der Waals surface area contributed by atoms with E-state index in [0.717, 1.165) is 29.8 Å². The molecular weight excluding hydrogens is 288 g/mol. The summed E-state index contributed by atoms with van der Waals surface area (Å²) in [6, 6.07) is 7.38. The summed E-state index contributed by atoms with van der Waals surface area (Å²) < 4.78 is 1.96. The molecule has 3 rings (SSSR count). The Balaban J connectivity index is 1.63. The zero-order valence-electron chi connectivity index (χ0n) is 13.5. The molecule has 0 aliphatic heterocycles. The number of anilines is 1. The maximum atomic E-state index is 12.3. The number of benzene rings is 1. The van der Waals surface area contributed by atoms with Crippen molar-refractivity contribution in [1.29, 1.82) is 0 Å². The number of hydrogen-bond acceptors (Lipinski definition) is 3. The van der Waals surface area contributed by atoms with Crippen molar-refractivity contribution in [2.24, 2.45) is 18.7 Å². The number of rotatable bonds is 4. The Morgan fingerprint density at radius 2 is 1.96 bits per heavy atom. The number of nitrogens with zero attached hydrogens (tertiary/aromatic N) is 2. The lowest BCUT2D eigenvalue weighted by molar-refractivity contribution is -0.118. The Kier molecular flexibility index (Phi) is 4.76. The van der Waals surface area contributed by atoms with Crippen LogP contribution < -0.4 is 11.1 Å². The lowest BCUT2D eigenvalue weighted by atomic mass is 9.84. The second-order valence-corrected chi connectivity index (χ2v) is 6.38. The van der Waals surface area contributed by atoms with Crippen molar-refractivity contribution >= 4 is 11.6 Å². The molecule has 1 heterocycles. The Bertz CT molecular complexity index is 656. The van der Waals surface area contributed by atoms with Gasteiger partial charge in [-0.2, -0.15) is 0 Å². The van der Waals surface area contributed by atoms with E-state index < -0.39 is 6.04 Å².